The van der Waals surface area contributed by atoms with E-state index in [2.05, 4.69) is 11.1 Å². The molecule has 0 N–H and O–H groups in total. The highest BCUT2D eigenvalue weighted by Gasteiger charge is 2.07. The summed E-state index contributed by atoms with van der Waals surface area (Å²) in [5, 5.41) is 9.72. The van der Waals surface area contributed by atoms with E-state index in [1.54, 1.807) is 30.5 Å². The molecule has 102 valence electrons. The third kappa shape index (κ3) is 3.62. The number of halogens is 1. The van der Waals surface area contributed by atoms with Gasteiger partial charge in [0.2, 0.25) is 0 Å². The minimum atomic E-state index is 0.500. The second-order valence-corrected chi connectivity index (χ2v) is 4.65. The minimum Gasteiger partial charge on any atom is -0.492 e. The summed E-state index contributed by atoms with van der Waals surface area (Å²) < 4.78 is 5.62. The van der Waals surface area contributed by atoms with Crippen LogP contribution in [0.3, 0.4) is 0 Å². The smallest absolute Gasteiger partial charge is 0.146 e. The van der Waals surface area contributed by atoms with E-state index in [1.807, 2.05) is 24.1 Å². The number of anilines is 1. The van der Waals surface area contributed by atoms with E-state index < -0.39 is 0 Å². The van der Waals surface area contributed by atoms with Gasteiger partial charge in [0.1, 0.15) is 24.2 Å². The standard InChI is InChI=1S/C15H14ClN3O/c1-19(15-12(11-17)3-2-8-18-15)9-10-20-14-6-4-13(16)5-7-14/h2-8H,9-10H2,1H3. The van der Waals surface area contributed by atoms with Gasteiger partial charge in [0.25, 0.3) is 0 Å². The molecule has 0 bridgehead atoms. The molecule has 1 heterocycles. The predicted molar refractivity (Wildman–Crippen MR) is 79.2 cm³/mol. The summed E-state index contributed by atoms with van der Waals surface area (Å²) >= 11 is 5.81. The molecule has 0 radical (unpaired) electrons. The minimum absolute atomic E-state index is 0.500. The fourth-order valence-electron chi connectivity index (χ4n) is 1.73. The molecule has 0 atom stereocenters. The van der Waals surface area contributed by atoms with Crippen molar-refractivity contribution in [2.75, 3.05) is 25.1 Å². The molecule has 0 saturated carbocycles. The third-order valence-corrected chi connectivity index (χ3v) is 3.03. The van der Waals surface area contributed by atoms with E-state index in [0.29, 0.717) is 29.6 Å². The Balaban J connectivity index is 1.91. The van der Waals surface area contributed by atoms with Crippen LogP contribution in [0.25, 0.3) is 0 Å². The van der Waals surface area contributed by atoms with Gasteiger partial charge in [0.15, 0.2) is 0 Å². The number of pyridine rings is 1. The van der Waals surface area contributed by atoms with E-state index >= 15 is 0 Å². The number of nitrogens with zero attached hydrogens (tertiary/aromatic N) is 3. The Morgan fingerprint density at radius 2 is 2.05 bits per heavy atom. The molecule has 1 aromatic carbocycles. The number of rotatable bonds is 5. The van der Waals surface area contributed by atoms with Crippen LogP contribution >= 0.6 is 11.6 Å². The van der Waals surface area contributed by atoms with Gasteiger partial charge in [-0.1, -0.05) is 11.6 Å². The Morgan fingerprint density at radius 1 is 1.30 bits per heavy atom. The summed E-state index contributed by atoms with van der Waals surface area (Å²) in [6.45, 7) is 1.13. The maximum Gasteiger partial charge on any atom is 0.146 e. The zero-order valence-corrected chi connectivity index (χ0v) is 11.8. The summed E-state index contributed by atoms with van der Waals surface area (Å²) in [7, 11) is 1.88. The lowest BCUT2D eigenvalue weighted by Crippen LogP contribution is -2.25. The Labute approximate surface area is 123 Å². The summed E-state index contributed by atoms with van der Waals surface area (Å²) in [5.41, 5.74) is 0.557. The molecule has 0 aliphatic carbocycles. The number of benzene rings is 1. The van der Waals surface area contributed by atoms with Gasteiger partial charge in [-0.15, -0.1) is 0 Å². The highest BCUT2D eigenvalue weighted by atomic mass is 35.5. The van der Waals surface area contributed by atoms with Gasteiger partial charge >= 0.3 is 0 Å². The van der Waals surface area contributed by atoms with Crippen molar-refractivity contribution in [2.45, 2.75) is 0 Å². The lowest BCUT2D eigenvalue weighted by molar-refractivity contribution is 0.325. The van der Waals surface area contributed by atoms with Crippen molar-refractivity contribution >= 4 is 17.4 Å². The quantitative estimate of drug-likeness (QED) is 0.848. The Morgan fingerprint density at radius 3 is 2.75 bits per heavy atom. The third-order valence-electron chi connectivity index (χ3n) is 2.78. The molecule has 0 unspecified atom stereocenters. The van der Waals surface area contributed by atoms with E-state index in [1.165, 1.54) is 0 Å². The molecular formula is C15H14ClN3O. The van der Waals surface area contributed by atoms with E-state index in [-0.39, 0.29) is 0 Å². The van der Waals surface area contributed by atoms with Crippen molar-refractivity contribution in [3.8, 4) is 11.8 Å². The number of aromatic nitrogens is 1. The molecule has 5 heteroatoms. The van der Waals surface area contributed by atoms with E-state index in [4.69, 9.17) is 21.6 Å². The Hall–Kier alpha value is -2.25. The van der Waals surface area contributed by atoms with E-state index in [9.17, 15) is 0 Å². The highest BCUT2D eigenvalue weighted by molar-refractivity contribution is 6.30. The molecule has 4 nitrogen and oxygen atoms in total. The van der Waals surface area contributed by atoms with Crippen LogP contribution in [0.1, 0.15) is 5.56 Å². The number of nitriles is 1. The maximum atomic E-state index is 9.04. The van der Waals surface area contributed by atoms with Gasteiger partial charge in [0, 0.05) is 18.3 Å². The van der Waals surface area contributed by atoms with Crippen molar-refractivity contribution < 1.29 is 4.74 Å². The maximum absolute atomic E-state index is 9.04. The van der Waals surface area contributed by atoms with Crippen LogP contribution in [0.15, 0.2) is 42.6 Å². The average Bonchev–Trinajstić information content (AvgIpc) is 2.49. The molecular weight excluding hydrogens is 274 g/mol. The van der Waals surface area contributed by atoms with Crippen LogP contribution < -0.4 is 9.64 Å². The zero-order chi connectivity index (χ0) is 14.4. The number of hydrogen-bond donors (Lipinski definition) is 0. The van der Waals surface area contributed by atoms with Crippen molar-refractivity contribution in [2.24, 2.45) is 0 Å². The van der Waals surface area contributed by atoms with Crippen LogP contribution in [0.2, 0.25) is 5.02 Å². The molecule has 0 aliphatic heterocycles. The molecule has 0 spiro atoms. The van der Waals surface area contributed by atoms with Crippen LogP contribution in [0.4, 0.5) is 5.82 Å². The van der Waals surface area contributed by atoms with Crippen molar-refractivity contribution in [1.82, 2.24) is 4.98 Å². The monoisotopic (exact) mass is 287 g/mol. The summed E-state index contributed by atoms with van der Waals surface area (Å²) in [4.78, 5) is 6.11. The molecule has 1 aromatic heterocycles. The van der Waals surface area contributed by atoms with Crippen LogP contribution in [0, 0.1) is 11.3 Å². The molecule has 0 amide bonds. The zero-order valence-electron chi connectivity index (χ0n) is 11.1. The molecule has 0 saturated heterocycles. The second-order valence-electron chi connectivity index (χ2n) is 4.21. The van der Waals surface area contributed by atoms with Crippen LogP contribution in [-0.4, -0.2) is 25.2 Å². The first-order valence-electron chi connectivity index (χ1n) is 6.15. The first-order valence-corrected chi connectivity index (χ1v) is 6.53. The van der Waals surface area contributed by atoms with Gasteiger partial charge in [0.05, 0.1) is 12.1 Å². The van der Waals surface area contributed by atoms with Gasteiger partial charge in [-0.05, 0) is 36.4 Å². The van der Waals surface area contributed by atoms with Gasteiger partial charge in [-0.2, -0.15) is 5.26 Å². The van der Waals surface area contributed by atoms with Crippen molar-refractivity contribution in [3.05, 3.63) is 53.2 Å². The van der Waals surface area contributed by atoms with Gasteiger partial charge in [-0.3, -0.25) is 0 Å². The molecule has 0 fully saturated rings. The molecule has 2 aromatic rings. The number of likely N-dealkylation sites (N-methyl/N-ethyl adjacent to an activating group) is 1. The second kappa shape index (κ2) is 6.78. The lowest BCUT2D eigenvalue weighted by atomic mass is 10.2. The van der Waals surface area contributed by atoms with E-state index in [0.717, 1.165) is 5.75 Å². The van der Waals surface area contributed by atoms with Gasteiger partial charge in [-0.25, -0.2) is 4.98 Å². The first-order chi connectivity index (χ1) is 9.70. The first kappa shape index (κ1) is 14.2. The largest absolute Gasteiger partial charge is 0.492 e. The predicted octanol–water partition coefficient (Wildman–Crippen LogP) is 3.12. The fraction of sp³-hybridized carbons (Fsp3) is 0.200. The topological polar surface area (TPSA) is 49.1 Å². The van der Waals surface area contributed by atoms with Crippen molar-refractivity contribution in [3.63, 3.8) is 0 Å². The number of ether oxygens (including phenoxy) is 1. The summed E-state index contributed by atoms with van der Waals surface area (Å²) in [5.74, 6) is 1.43. The molecule has 2 rings (SSSR count). The summed E-state index contributed by atoms with van der Waals surface area (Å²) in [6, 6.07) is 12.8. The van der Waals surface area contributed by atoms with Crippen molar-refractivity contribution in [1.29, 1.82) is 5.26 Å². The average molecular weight is 288 g/mol. The molecule has 20 heavy (non-hydrogen) atoms. The Bertz CT molecular complexity index is 607. The van der Waals surface area contributed by atoms with Gasteiger partial charge < -0.3 is 9.64 Å². The fourth-order valence-corrected chi connectivity index (χ4v) is 1.85. The molecule has 0 aliphatic rings. The number of hydrogen-bond acceptors (Lipinski definition) is 4. The lowest BCUT2D eigenvalue weighted by Gasteiger charge is -2.19. The van der Waals surface area contributed by atoms with Crippen LogP contribution in [0.5, 0.6) is 5.75 Å². The highest BCUT2D eigenvalue weighted by Crippen LogP contribution is 2.16. The normalized spacial score (nSPS) is 9.85. The SMILES string of the molecule is CN(CCOc1ccc(Cl)cc1)c1ncccc1C#N. The van der Waals surface area contributed by atoms with Crippen LogP contribution in [-0.2, 0) is 0 Å². The summed E-state index contributed by atoms with van der Waals surface area (Å²) in [6.07, 6.45) is 1.67. The Kier molecular flexibility index (Phi) is 4.80.